The van der Waals surface area contributed by atoms with Gasteiger partial charge in [0.15, 0.2) is 0 Å². The summed E-state index contributed by atoms with van der Waals surface area (Å²) in [4.78, 5) is 26.5. The molecule has 2 bridgehead atoms. The third kappa shape index (κ3) is 2.20. The fraction of sp³-hybridized carbons (Fsp3) is 0.417. The Morgan fingerprint density at radius 2 is 1.89 bits per heavy atom. The summed E-state index contributed by atoms with van der Waals surface area (Å²) in [7, 11) is 0. The van der Waals surface area contributed by atoms with Crippen LogP contribution in [0.15, 0.2) is 48.5 Å². The SMILES string of the molecule is Cc1cccc2c1[C@H](C(=O)Nc1ccccc1)[C@@]13CC(=O)[C@@](C)(CC[C@H]21)C3. The zero-order valence-electron chi connectivity index (χ0n) is 15.9. The van der Waals surface area contributed by atoms with Crippen molar-refractivity contribution in [2.75, 3.05) is 5.32 Å². The molecule has 4 atom stereocenters. The maximum absolute atomic E-state index is 13.6. The van der Waals surface area contributed by atoms with E-state index in [1.54, 1.807) is 0 Å². The smallest absolute Gasteiger partial charge is 0.232 e. The van der Waals surface area contributed by atoms with Crippen LogP contribution in [0.3, 0.4) is 0 Å². The lowest BCUT2D eigenvalue weighted by molar-refractivity contribution is -0.125. The zero-order chi connectivity index (χ0) is 18.8. The van der Waals surface area contributed by atoms with Crippen LogP contribution < -0.4 is 5.32 Å². The molecule has 3 aliphatic rings. The van der Waals surface area contributed by atoms with Gasteiger partial charge in [0.1, 0.15) is 5.78 Å². The normalized spacial score (nSPS) is 33.5. The van der Waals surface area contributed by atoms with Gasteiger partial charge in [0.05, 0.1) is 5.92 Å². The van der Waals surface area contributed by atoms with Gasteiger partial charge in [-0.3, -0.25) is 9.59 Å². The Morgan fingerprint density at radius 1 is 1.11 bits per heavy atom. The van der Waals surface area contributed by atoms with Crippen LogP contribution in [-0.4, -0.2) is 11.7 Å². The maximum Gasteiger partial charge on any atom is 0.232 e. The summed E-state index contributed by atoms with van der Waals surface area (Å²) in [5.41, 5.74) is 3.97. The third-order valence-electron chi connectivity index (χ3n) is 7.46. The highest BCUT2D eigenvalue weighted by Gasteiger charge is 2.66. The van der Waals surface area contributed by atoms with E-state index in [9.17, 15) is 9.59 Å². The lowest BCUT2D eigenvalue weighted by Gasteiger charge is -2.42. The highest BCUT2D eigenvalue weighted by molar-refractivity contribution is 6.00. The predicted octanol–water partition coefficient (Wildman–Crippen LogP) is 4.96. The van der Waals surface area contributed by atoms with Gasteiger partial charge in [-0.15, -0.1) is 0 Å². The number of benzene rings is 2. The molecule has 0 radical (unpaired) electrons. The largest absolute Gasteiger partial charge is 0.326 e. The second kappa shape index (κ2) is 5.54. The van der Waals surface area contributed by atoms with Crippen LogP contribution in [0.1, 0.15) is 61.1 Å². The van der Waals surface area contributed by atoms with Gasteiger partial charge in [0.2, 0.25) is 5.91 Å². The van der Waals surface area contributed by atoms with Crippen molar-refractivity contribution in [1.29, 1.82) is 0 Å². The van der Waals surface area contributed by atoms with Gasteiger partial charge in [-0.05, 0) is 60.9 Å². The molecule has 1 spiro atoms. The summed E-state index contributed by atoms with van der Waals surface area (Å²) >= 11 is 0. The van der Waals surface area contributed by atoms with Gasteiger partial charge in [0.25, 0.3) is 0 Å². The summed E-state index contributed by atoms with van der Waals surface area (Å²) in [6, 6.07) is 16.0. The Balaban J connectivity index is 1.64. The Kier molecular flexibility index (Phi) is 3.43. The number of carbonyl (C=O) groups is 2. The van der Waals surface area contributed by atoms with Crippen molar-refractivity contribution in [1.82, 2.24) is 0 Å². The monoisotopic (exact) mass is 359 g/mol. The van der Waals surface area contributed by atoms with Crippen LogP contribution >= 0.6 is 0 Å². The molecule has 2 aromatic carbocycles. The number of aryl methyl sites for hydroxylation is 1. The summed E-state index contributed by atoms with van der Waals surface area (Å²) in [6.45, 7) is 4.22. The molecule has 0 aliphatic heterocycles. The summed E-state index contributed by atoms with van der Waals surface area (Å²) < 4.78 is 0. The molecule has 138 valence electrons. The first-order valence-electron chi connectivity index (χ1n) is 9.93. The summed E-state index contributed by atoms with van der Waals surface area (Å²) in [5.74, 6) is 0.467. The van der Waals surface area contributed by atoms with Crippen molar-refractivity contribution >= 4 is 17.4 Å². The van der Waals surface area contributed by atoms with Gasteiger partial charge in [0, 0.05) is 22.9 Å². The molecular weight excluding hydrogens is 334 g/mol. The molecule has 5 rings (SSSR count). The van der Waals surface area contributed by atoms with Crippen molar-refractivity contribution in [3.05, 3.63) is 65.2 Å². The third-order valence-corrected chi connectivity index (χ3v) is 7.46. The number of para-hydroxylation sites is 1. The minimum Gasteiger partial charge on any atom is -0.326 e. The summed E-state index contributed by atoms with van der Waals surface area (Å²) in [6.07, 6.45) is 3.33. The van der Waals surface area contributed by atoms with E-state index in [1.165, 1.54) is 16.7 Å². The Labute approximate surface area is 160 Å². The standard InChI is InChI=1S/C24H25NO2/c1-15-7-6-10-17-18-11-12-23(2)14-24(18,13-19(23)26)21(20(15)17)22(27)25-16-8-4-3-5-9-16/h3-10,18,21H,11-14H2,1-2H3,(H,25,27)/t18-,21-,23+,24-/m1/s1. The van der Waals surface area contributed by atoms with E-state index in [0.29, 0.717) is 18.1 Å². The van der Waals surface area contributed by atoms with Crippen molar-refractivity contribution < 1.29 is 9.59 Å². The predicted molar refractivity (Wildman–Crippen MR) is 106 cm³/mol. The number of nitrogens with one attached hydrogen (secondary N) is 1. The number of hydrogen-bond acceptors (Lipinski definition) is 2. The fourth-order valence-corrected chi connectivity index (χ4v) is 6.31. The molecule has 1 amide bonds. The van der Waals surface area contributed by atoms with E-state index in [2.05, 4.69) is 37.4 Å². The van der Waals surface area contributed by atoms with Crippen molar-refractivity contribution in [3.8, 4) is 0 Å². The highest BCUT2D eigenvalue weighted by Crippen LogP contribution is 2.71. The molecule has 0 aromatic heterocycles. The van der Waals surface area contributed by atoms with Gasteiger partial charge < -0.3 is 5.32 Å². The molecule has 27 heavy (non-hydrogen) atoms. The molecule has 2 aromatic rings. The van der Waals surface area contributed by atoms with E-state index in [4.69, 9.17) is 0 Å². The van der Waals surface area contributed by atoms with E-state index in [1.807, 2.05) is 30.3 Å². The maximum atomic E-state index is 13.6. The lowest BCUT2D eigenvalue weighted by atomic mass is 9.60. The molecule has 3 aliphatic carbocycles. The molecule has 0 saturated heterocycles. The van der Waals surface area contributed by atoms with E-state index in [-0.39, 0.29) is 22.7 Å². The molecule has 1 N–H and O–H groups in total. The fourth-order valence-electron chi connectivity index (χ4n) is 6.31. The quantitative estimate of drug-likeness (QED) is 0.823. The highest BCUT2D eigenvalue weighted by atomic mass is 16.2. The molecule has 2 fully saturated rings. The average molecular weight is 359 g/mol. The van der Waals surface area contributed by atoms with Gasteiger partial charge in [-0.25, -0.2) is 0 Å². The zero-order valence-corrected chi connectivity index (χ0v) is 15.9. The second-order valence-corrected chi connectivity index (χ2v) is 9.03. The van der Waals surface area contributed by atoms with Crippen LogP contribution in [0.25, 0.3) is 0 Å². The number of anilines is 1. The molecule has 0 unspecified atom stereocenters. The molecule has 3 nitrogen and oxygen atoms in total. The minimum atomic E-state index is -0.253. The van der Waals surface area contributed by atoms with Gasteiger partial charge in [-0.1, -0.05) is 43.3 Å². The number of Topliss-reactive ketones (excluding diaryl/α,β-unsaturated/α-hetero) is 1. The number of fused-ring (bicyclic) bond motifs is 3. The average Bonchev–Trinajstić information content (AvgIpc) is 3.03. The Morgan fingerprint density at radius 3 is 2.67 bits per heavy atom. The van der Waals surface area contributed by atoms with Crippen LogP contribution in [0, 0.1) is 17.8 Å². The van der Waals surface area contributed by atoms with Crippen LogP contribution in [0.4, 0.5) is 5.69 Å². The van der Waals surface area contributed by atoms with E-state index < -0.39 is 0 Å². The molecule has 2 saturated carbocycles. The van der Waals surface area contributed by atoms with Crippen molar-refractivity contribution in [2.24, 2.45) is 10.8 Å². The number of hydrogen-bond donors (Lipinski definition) is 1. The minimum absolute atomic E-state index is 0.0400. The Bertz CT molecular complexity index is 950. The van der Waals surface area contributed by atoms with Crippen molar-refractivity contribution in [2.45, 2.75) is 51.4 Å². The van der Waals surface area contributed by atoms with Gasteiger partial charge in [-0.2, -0.15) is 0 Å². The number of ketones is 1. The first kappa shape index (κ1) is 16.7. The van der Waals surface area contributed by atoms with E-state index in [0.717, 1.165) is 24.9 Å². The Hall–Kier alpha value is -2.42. The van der Waals surface area contributed by atoms with Crippen LogP contribution in [-0.2, 0) is 9.59 Å². The summed E-state index contributed by atoms with van der Waals surface area (Å²) in [5, 5.41) is 3.14. The second-order valence-electron chi connectivity index (χ2n) is 9.03. The van der Waals surface area contributed by atoms with Gasteiger partial charge >= 0.3 is 0 Å². The first-order valence-corrected chi connectivity index (χ1v) is 9.93. The topological polar surface area (TPSA) is 46.2 Å². The molecule has 3 heteroatoms. The van der Waals surface area contributed by atoms with E-state index >= 15 is 0 Å². The number of carbonyl (C=O) groups excluding carboxylic acids is 2. The molecular formula is C24H25NO2. The lowest BCUT2D eigenvalue weighted by Crippen LogP contribution is -2.38. The molecule has 0 heterocycles. The van der Waals surface area contributed by atoms with Crippen LogP contribution in [0.5, 0.6) is 0 Å². The number of rotatable bonds is 2. The van der Waals surface area contributed by atoms with Crippen molar-refractivity contribution in [3.63, 3.8) is 0 Å². The number of amides is 1. The van der Waals surface area contributed by atoms with Crippen LogP contribution in [0.2, 0.25) is 0 Å². The first-order chi connectivity index (χ1) is 12.9.